The summed E-state index contributed by atoms with van der Waals surface area (Å²) in [6.45, 7) is 4.11. The van der Waals surface area contributed by atoms with E-state index in [2.05, 4.69) is 5.32 Å². The molecular weight excluding hydrogens is 252 g/mol. The van der Waals surface area contributed by atoms with Crippen molar-refractivity contribution < 1.29 is 9.53 Å². The lowest BCUT2D eigenvalue weighted by Crippen LogP contribution is -2.58. The molecule has 0 radical (unpaired) electrons. The average Bonchev–Trinajstić information content (AvgIpc) is 2.68. The number of hydrogen-bond donors (Lipinski definition) is 1. The molecule has 1 aromatic carbocycles. The number of rotatable bonds is 2. The molecule has 0 aromatic heterocycles. The van der Waals surface area contributed by atoms with Crippen molar-refractivity contribution in [2.24, 2.45) is 5.41 Å². The van der Waals surface area contributed by atoms with Crippen LogP contribution in [0.3, 0.4) is 0 Å². The van der Waals surface area contributed by atoms with Crippen molar-refractivity contribution in [3.8, 4) is 0 Å². The lowest BCUT2D eigenvalue weighted by Gasteiger charge is -2.44. The lowest BCUT2D eigenvalue weighted by molar-refractivity contribution is 0.0631. The Hall–Kier alpha value is -1.55. The quantitative estimate of drug-likeness (QED) is 0.900. The van der Waals surface area contributed by atoms with E-state index in [1.54, 1.807) is 0 Å². The maximum atomic E-state index is 12.2. The van der Waals surface area contributed by atoms with Gasteiger partial charge in [0, 0.05) is 31.6 Å². The molecule has 2 saturated heterocycles. The van der Waals surface area contributed by atoms with Crippen LogP contribution in [-0.4, -0.2) is 37.2 Å². The topological polar surface area (TPSA) is 41.6 Å². The van der Waals surface area contributed by atoms with E-state index in [0.717, 1.165) is 38.2 Å². The van der Waals surface area contributed by atoms with Crippen LogP contribution in [0.4, 0.5) is 4.79 Å². The highest BCUT2D eigenvalue weighted by Crippen LogP contribution is 2.33. The van der Waals surface area contributed by atoms with Crippen LogP contribution < -0.4 is 5.32 Å². The molecule has 108 valence electrons. The summed E-state index contributed by atoms with van der Waals surface area (Å²) in [6.07, 6.45) is 3.36. The summed E-state index contributed by atoms with van der Waals surface area (Å²) < 4.78 is 5.45. The number of carbonyl (C=O) groups excluding carboxylic acids is 1. The molecule has 0 aliphatic carbocycles. The van der Waals surface area contributed by atoms with Gasteiger partial charge in [-0.1, -0.05) is 36.8 Å². The molecule has 2 heterocycles. The zero-order valence-electron chi connectivity index (χ0n) is 11.8. The minimum atomic E-state index is -0.165. The number of benzene rings is 1. The second-order valence-electron chi connectivity index (χ2n) is 6.02. The zero-order chi connectivity index (χ0) is 13.8. The van der Waals surface area contributed by atoms with E-state index in [1.165, 1.54) is 12.8 Å². The maximum absolute atomic E-state index is 12.2. The summed E-state index contributed by atoms with van der Waals surface area (Å²) >= 11 is 0. The van der Waals surface area contributed by atoms with Crippen LogP contribution in [-0.2, 0) is 11.3 Å². The Morgan fingerprint density at radius 1 is 1.25 bits per heavy atom. The SMILES string of the molecule is O=C(OCc1ccccc1)N1CCCCC2(CNC2)C1. The molecule has 3 rings (SSSR count). The van der Waals surface area contributed by atoms with E-state index in [0.29, 0.717) is 12.0 Å². The van der Waals surface area contributed by atoms with Crippen LogP contribution in [0, 0.1) is 5.41 Å². The van der Waals surface area contributed by atoms with E-state index in [1.807, 2.05) is 35.2 Å². The molecular formula is C16H22N2O2. The van der Waals surface area contributed by atoms with Gasteiger partial charge < -0.3 is 15.0 Å². The minimum Gasteiger partial charge on any atom is -0.445 e. The normalized spacial score (nSPS) is 21.1. The first kappa shape index (κ1) is 13.4. The van der Waals surface area contributed by atoms with Gasteiger partial charge >= 0.3 is 6.09 Å². The minimum absolute atomic E-state index is 0.165. The molecule has 2 aliphatic rings. The summed E-state index contributed by atoms with van der Waals surface area (Å²) in [7, 11) is 0. The van der Waals surface area contributed by atoms with Gasteiger partial charge in [0.2, 0.25) is 0 Å². The van der Waals surface area contributed by atoms with Crippen molar-refractivity contribution in [3.63, 3.8) is 0 Å². The molecule has 0 saturated carbocycles. The third-order valence-electron chi connectivity index (χ3n) is 4.37. The van der Waals surface area contributed by atoms with Gasteiger partial charge in [0.15, 0.2) is 0 Å². The number of ether oxygens (including phenoxy) is 1. The fourth-order valence-electron chi connectivity index (χ4n) is 3.10. The molecule has 0 bridgehead atoms. The maximum Gasteiger partial charge on any atom is 0.410 e. The predicted molar refractivity (Wildman–Crippen MR) is 77.4 cm³/mol. The summed E-state index contributed by atoms with van der Waals surface area (Å²) in [4.78, 5) is 14.1. The summed E-state index contributed by atoms with van der Waals surface area (Å²) in [5.74, 6) is 0. The van der Waals surface area contributed by atoms with Crippen LogP contribution in [0.25, 0.3) is 0 Å². The van der Waals surface area contributed by atoms with Crippen molar-refractivity contribution >= 4 is 6.09 Å². The third-order valence-corrected chi connectivity index (χ3v) is 4.37. The Balaban J connectivity index is 1.55. The number of hydrogen-bond acceptors (Lipinski definition) is 3. The Kier molecular flexibility index (Phi) is 3.92. The fraction of sp³-hybridized carbons (Fsp3) is 0.562. The zero-order valence-corrected chi connectivity index (χ0v) is 11.8. The Morgan fingerprint density at radius 2 is 2.05 bits per heavy atom. The molecule has 4 heteroatoms. The number of amides is 1. The van der Waals surface area contributed by atoms with Crippen LogP contribution in [0.1, 0.15) is 24.8 Å². The van der Waals surface area contributed by atoms with Crippen molar-refractivity contribution in [1.82, 2.24) is 10.2 Å². The fourth-order valence-corrected chi connectivity index (χ4v) is 3.10. The van der Waals surface area contributed by atoms with Gasteiger partial charge in [-0.2, -0.15) is 0 Å². The van der Waals surface area contributed by atoms with Gasteiger partial charge in [0.05, 0.1) is 0 Å². The van der Waals surface area contributed by atoms with E-state index in [9.17, 15) is 4.79 Å². The number of nitrogens with one attached hydrogen (secondary N) is 1. The van der Waals surface area contributed by atoms with Crippen molar-refractivity contribution in [2.75, 3.05) is 26.2 Å². The highest BCUT2D eigenvalue weighted by molar-refractivity contribution is 5.67. The highest BCUT2D eigenvalue weighted by Gasteiger charge is 2.40. The van der Waals surface area contributed by atoms with Crippen LogP contribution in [0.15, 0.2) is 30.3 Å². The lowest BCUT2D eigenvalue weighted by atomic mass is 9.78. The highest BCUT2D eigenvalue weighted by atomic mass is 16.6. The molecule has 4 nitrogen and oxygen atoms in total. The number of nitrogens with zero attached hydrogens (tertiary/aromatic N) is 1. The van der Waals surface area contributed by atoms with E-state index < -0.39 is 0 Å². The summed E-state index contributed by atoms with van der Waals surface area (Å²) in [5.41, 5.74) is 1.35. The molecule has 1 aromatic rings. The molecule has 2 aliphatic heterocycles. The van der Waals surface area contributed by atoms with Gasteiger partial charge in [0.1, 0.15) is 6.61 Å². The molecule has 1 amide bonds. The predicted octanol–water partition coefficient (Wildman–Crippen LogP) is 2.40. The van der Waals surface area contributed by atoms with Crippen molar-refractivity contribution in [3.05, 3.63) is 35.9 Å². The third kappa shape index (κ3) is 2.96. The molecule has 1 spiro atoms. The molecule has 20 heavy (non-hydrogen) atoms. The Bertz CT molecular complexity index is 457. The van der Waals surface area contributed by atoms with Gasteiger partial charge in [-0.15, -0.1) is 0 Å². The second-order valence-corrected chi connectivity index (χ2v) is 6.02. The first-order chi connectivity index (χ1) is 9.77. The van der Waals surface area contributed by atoms with Crippen molar-refractivity contribution in [1.29, 1.82) is 0 Å². The monoisotopic (exact) mass is 274 g/mol. The number of likely N-dealkylation sites (tertiary alicyclic amines) is 1. The van der Waals surface area contributed by atoms with Crippen LogP contribution in [0.2, 0.25) is 0 Å². The summed E-state index contributed by atoms with van der Waals surface area (Å²) in [6, 6.07) is 9.85. The Morgan fingerprint density at radius 3 is 2.75 bits per heavy atom. The van der Waals surface area contributed by atoms with E-state index >= 15 is 0 Å². The van der Waals surface area contributed by atoms with Crippen LogP contribution >= 0.6 is 0 Å². The molecule has 1 N–H and O–H groups in total. The van der Waals surface area contributed by atoms with Crippen LogP contribution in [0.5, 0.6) is 0 Å². The smallest absolute Gasteiger partial charge is 0.410 e. The molecule has 0 atom stereocenters. The van der Waals surface area contributed by atoms with E-state index in [4.69, 9.17) is 4.74 Å². The molecule has 0 unspecified atom stereocenters. The largest absolute Gasteiger partial charge is 0.445 e. The Labute approximate surface area is 120 Å². The molecule has 2 fully saturated rings. The average molecular weight is 274 g/mol. The van der Waals surface area contributed by atoms with Gasteiger partial charge in [-0.05, 0) is 18.4 Å². The number of carbonyl (C=O) groups is 1. The van der Waals surface area contributed by atoms with Gasteiger partial charge in [-0.3, -0.25) is 0 Å². The van der Waals surface area contributed by atoms with Gasteiger partial charge in [0.25, 0.3) is 0 Å². The van der Waals surface area contributed by atoms with Crippen molar-refractivity contribution in [2.45, 2.75) is 25.9 Å². The van der Waals surface area contributed by atoms with Gasteiger partial charge in [-0.25, -0.2) is 4.79 Å². The first-order valence-corrected chi connectivity index (χ1v) is 7.44. The second kappa shape index (κ2) is 5.83. The summed E-state index contributed by atoms with van der Waals surface area (Å²) in [5, 5.41) is 3.34. The van der Waals surface area contributed by atoms with E-state index in [-0.39, 0.29) is 6.09 Å². The first-order valence-electron chi connectivity index (χ1n) is 7.44. The standard InChI is InChI=1S/C16H22N2O2/c19-15(20-10-14-6-2-1-3-7-14)18-9-5-4-8-16(13-18)11-17-12-16/h1-3,6-7,17H,4-5,8-13H2.